The van der Waals surface area contributed by atoms with Crippen LogP contribution in [0.25, 0.3) is 16.5 Å². The third kappa shape index (κ3) is 3.03. The molecule has 23 heavy (non-hydrogen) atoms. The average Bonchev–Trinajstić information content (AvgIpc) is 3.33. The minimum Gasteiger partial charge on any atom is -0.444 e. The van der Waals surface area contributed by atoms with Gasteiger partial charge in [-0.1, -0.05) is 36.0 Å². The van der Waals surface area contributed by atoms with Crippen LogP contribution in [0.15, 0.2) is 63.7 Å². The minimum atomic E-state index is 0.641. The summed E-state index contributed by atoms with van der Waals surface area (Å²) < 4.78 is 7.23. The number of aromatic nitrogens is 5. The highest BCUT2D eigenvalue weighted by Crippen LogP contribution is 2.26. The maximum atomic E-state index is 5.52. The van der Waals surface area contributed by atoms with Crippen molar-refractivity contribution in [1.82, 2.24) is 25.2 Å². The van der Waals surface area contributed by atoms with E-state index in [2.05, 4.69) is 20.5 Å². The zero-order valence-corrected chi connectivity index (χ0v) is 13.5. The molecule has 0 aliphatic heterocycles. The molecular formula is C15H11N5OS2. The Balaban J connectivity index is 1.49. The highest BCUT2D eigenvalue weighted by atomic mass is 32.2. The van der Waals surface area contributed by atoms with Crippen LogP contribution in [0.5, 0.6) is 0 Å². The van der Waals surface area contributed by atoms with Crippen LogP contribution in [-0.2, 0) is 5.75 Å². The molecule has 0 fully saturated rings. The van der Waals surface area contributed by atoms with Crippen molar-refractivity contribution in [3.05, 3.63) is 59.8 Å². The smallest absolute Gasteiger partial charge is 0.236 e. The maximum absolute atomic E-state index is 5.52. The predicted molar refractivity (Wildman–Crippen MR) is 88.5 cm³/mol. The Hall–Kier alpha value is -2.45. The zero-order valence-electron chi connectivity index (χ0n) is 11.9. The van der Waals surface area contributed by atoms with Crippen LogP contribution in [-0.4, -0.2) is 25.2 Å². The molecule has 0 aliphatic rings. The largest absolute Gasteiger partial charge is 0.444 e. The van der Waals surface area contributed by atoms with Crippen LogP contribution in [0, 0.1) is 0 Å². The molecule has 4 aromatic rings. The van der Waals surface area contributed by atoms with E-state index in [1.54, 1.807) is 22.3 Å². The van der Waals surface area contributed by atoms with Crippen LogP contribution in [0.3, 0.4) is 0 Å². The average molecular weight is 341 g/mol. The second-order valence-corrected chi connectivity index (χ2v) is 6.51. The molecule has 6 nitrogen and oxygen atoms in total. The van der Waals surface area contributed by atoms with Gasteiger partial charge in [-0.3, -0.25) is 0 Å². The van der Waals surface area contributed by atoms with Gasteiger partial charge in [0.05, 0.1) is 16.3 Å². The number of rotatable bonds is 5. The van der Waals surface area contributed by atoms with E-state index in [4.69, 9.17) is 4.42 Å². The van der Waals surface area contributed by atoms with Crippen LogP contribution in [0.4, 0.5) is 0 Å². The Labute approximate surface area is 140 Å². The van der Waals surface area contributed by atoms with Gasteiger partial charge in [0.25, 0.3) is 0 Å². The molecule has 3 aromatic heterocycles. The summed E-state index contributed by atoms with van der Waals surface area (Å²) in [6, 6.07) is 13.8. The lowest BCUT2D eigenvalue weighted by atomic mass is 10.3. The Morgan fingerprint density at radius 1 is 1.13 bits per heavy atom. The maximum Gasteiger partial charge on any atom is 0.236 e. The van der Waals surface area contributed by atoms with Crippen molar-refractivity contribution in [2.45, 2.75) is 10.9 Å². The van der Waals surface area contributed by atoms with Gasteiger partial charge >= 0.3 is 0 Å². The normalized spacial score (nSPS) is 11.0. The van der Waals surface area contributed by atoms with Gasteiger partial charge in [0.2, 0.25) is 11.0 Å². The molecule has 4 rings (SSSR count). The highest BCUT2D eigenvalue weighted by molar-refractivity contribution is 7.98. The molecule has 0 radical (unpaired) electrons. The molecule has 0 bridgehead atoms. The van der Waals surface area contributed by atoms with Gasteiger partial charge in [0.15, 0.2) is 0 Å². The summed E-state index contributed by atoms with van der Waals surface area (Å²) in [6.45, 7) is 0. The standard InChI is InChI=1S/C15H11N5OS2/c1-2-5-12(6-3-1)20-15(17-18-19-20)23-10-11-9-21-14(16-11)13-7-4-8-22-13/h1-9H,10H2. The number of oxazole rings is 1. The molecule has 0 aliphatic carbocycles. The predicted octanol–water partition coefficient (Wildman–Crippen LogP) is 3.67. The second-order valence-electron chi connectivity index (χ2n) is 4.62. The summed E-state index contributed by atoms with van der Waals surface area (Å²) in [5.74, 6) is 1.29. The highest BCUT2D eigenvalue weighted by Gasteiger charge is 2.12. The van der Waals surface area contributed by atoms with Gasteiger partial charge in [-0.25, -0.2) is 4.98 Å². The van der Waals surface area contributed by atoms with E-state index >= 15 is 0 Å². The summed E-state index contributed by atoms with van der Waals surface area (Å²) in [5, 5.41) is 14.6. The minimum absolute atomic E-state index is 0.641. The Bertz CT molecular complexity index is 886. The quantitative estimate of drug-likeness (QED) is 0.516. The van der Waals surface area contributed by atoms with Crippen LogP contribution < -0.4 is 0 Å². The molecule has 0 saturated carbocycles. The van der Waals surface area contributed by atoms with E-state index in [0.717, 1.165) is 21.4 Å². The molecule has 0 spiro atoms. The summed E-state index contributed by atoms with van der Waals surface area (Å²) in [4.78, 5) is 5.52. The molecule has 3 heterocycles. The van der Waals surface area contributed by atoms with Crippen molar-refractivity contribution in [3.8, 4) is 16.5 Å². The molecule has 0 amide bonds. The second kappa shape index (κ2) is 6.35. The number of hydrogen-bond donors (Lipinski definition) is 0. The lowest BCUT2D eigenvalue weighted by molar-refractivity contribution is 0.575. The Kier molecular flexibility index (Phi) is 3.91. The van der Waals surface area contributed by atoms with Crippen molar-refractivity contribution in [2.75, 3.05) is 0 Å². The number of thiophene rings is 1. The van der Waals surface area contributed by atoms with Crippen LogP contribution in [0.2, 0.25) is 0 Å². The number of nitrogens with zero attached hydrogens (tertiary/aromatic N) is 5. The van der Waals surface area contributed by atoms with E-state index in [9.17, 15) is 0 Å². The van der Waals surface area contributed by atoms with Gasteiger partial charge in [-0.05, 0) is 34.0 Å². The van der Waals surface area contributed by atoms with Crippen molar-refractivity contribution in [1.29, 1.82) is 0 Å². The van der Waals surface area contributed by atoms with Gasteiger partial charge < -0.3 is 4.42 Å². The van der Waals surface area contributed by atoms with E-state index in [-0.39, 0.29) is 0 Å². The van der Waals surface area contributed by atoms with E-state index in [1.807, 2.05) is 47.8 Å². The third-order valence-corrected chi connectivity index (χ3v) is 4.89. The molecule has 8 heteroatoms. The van der Waals surface area contributed by atoms with Crippen molar-refractivity contribution in [3.63, 3.8) is 0 Å². The van der Waals surface area contributed by atoms with Crippen LogP contribution in [0.1, 0.15) is 5.69 Å². The van der Waals surface area contributed by atoms with Crippen molar-refractivity contribution < 1.29 is 4.42 Å². The molecule has 0 N–H and O–H groups in total. The Morgan fingerprint density at radius 2 is 2.04 bits per heavy atom. The summed E-state index contributed by atoms with van der Waals surface area (Å²) >= 11 is 3.13. The number of tetrazole rings is 1. The summed E-state index contributed by atoms with van der Waals surface area (Å²) in [5.41, 5.74) is 1.79. The third-order valence-electron chi connectivity index (χ3n) is 3.07. The first-order valence-corrected chi connectivity index (χ1v) is 8.71. The molecular weight excluding hydrogens is 330 g/mol. The first-order valence-electron chi connectivity index (χ1n) is 6.85. The Morgan fingerprint density at radius 3 is 2.87 bits per heavy atom. The molecule has 0 unspecified atom stereocenters. The van der Waals surface area contributed by atoms with Gasteiger partial charge in [-0.2, -0.15) is 4.68 Å². The molecule has 0 atom stereocenters. The fourth-order valence-electron chi connectivity index (χ4n) is 2.03. The molecule has 114 valence electrons. The topological polar surface area (TPSA) is 69.6 Å². The first-order chi connectivity index (χ1) is 11.4. The van der Waals surface area contributed by atoms with E-state index in [1.165, 1.54) is 11.8 Å². The van der Waals surface area contributed by atoms with Gasteiger partial charge in [0.1, 0.15) is 6.26 Å². The zero-order chi connectivity index (χ0) is 15.5. The van der Waals surface area contributed by atoms with Crippen molar-refractivity contribution in [2.24, 2.45) is 0 Å². The molecule has 0 saturated heterocycles. The number of hydrogen-bond acceptors (Lipinski definition) is 7. The number of benzene rings is 1. The van der Waals surface area contributed by atoms with E-state index < -0.39 is 0 Å². The monoisotopic (exact) mass is 341 g/mol. The molecule has 1 aromatic carbocycles. The van der Waals surface area contributed by atoms with Crippen LogP contribution >= 0.6 is 23.1 Å². The summed E-state index contributed by atoms with van der Waals surface area (Å²) in [7, 11) is 0. The SMILES string of the molecule is c1ccc(-n2nnnc2SCc2coc(-c3cccs3)n2)cc1. The van der Waals surface area contributed by atoms with Gasteiger partial charge in [-0.15, -0.1) is 16.4 Å². The summed E-state index contributed by atoms with van der Waals surface area (Å²) in [6.07, 6.45) is 1.68. The number of para-hydroxylation sites is 1. The van der Waals surface area contributed by atoms with Gasteiger partial charge in [0, 0.05) is 5.75 Å². The fraction of sp³-hybridized carbons (Fsp3) is 0.0667. The lowest BCUT2D eigenvalue weighted by Gasteiger charge is -2.02. The fourth-order valence-corrected chi connectivity index (χ4v) is 3.45. The lowest BCUT2D eigenvalue weighted by Crippen LogP contribution is -1.98. The van der Waals surface area contributed by atoms with Crippen molar-refractivity contribution >= 4 is 23.1 Å². The first kappa shape index (κ1) is 14.2. The van der Waals surface area contributed by atoms with E-state index in [0.29, 0.717) is 11.6 Å². The number of thioether (sulfide) groups is 1.